The predicted molar refractivity (Wildman–Crippen MR) is 58.3 cm³/mol. The summed E-state index contributed by atoms with van der Waals surface area (Å²) in [7, 11) is 0. The van der Waals surface area contributed by atoms with E-state index in [-0.39, 0.29) is 6.10 Å². The van der Waals surface area contributed by atoms with Crippen molar-refractivity contribution < 1.29 is 5.11 Å². The van der Waals surface area contributed by atoms with Crippen LogP contribution in [0.2, 0.25) is 0 Å². The molecule has 1 aromatic carbocycles. The van der Waals surface area contributed by atoms with Gasteiger partial charge in [0.15, 0.2) is 0 Å². The number of aliphatic hydroxyl groups excluding tert-OH is 1. The Morgan fingerprint density at radius 1 is 1.21 bits per heavy atom. The van der Waals surface area contributed by atoms with Crippen LogP contribution < -0.4 is 0 Å². The average molecular weight is 190 g/mol. The van der Waals surface area contributed by atoms with Crippen LogP contribution in [0, 0.1) is 0 Å². The number of hydrogen-bond donors (Lipinski definition) is 1. The second kappa shape index (κ2) is 4.14. The molecule has 2 rings (SSSR count). The van der Waals surface area contributed by atoms with E-state index in [1.165, 1.54) is 18.4 Å². The van der Waals surface area contributed by atoms with Crippen LogP contribution in [0.5, 0.6) is 0 Å². The summed E-state index contributed by atoms with van der Waals surface area (Å²) in [6.45, 7) is 2.23. The molecule has 1 aromatic rings. The van der Waals surface area contributed by atoms with Crippen LogP contribution in [0.1, 0.15) is 55.8 Å². The van der Waals surface area contributed by atoms with Crippen LogP contribution in [-0.4, -0.2) is 5.11 Å². The zero-order chi connectivity index (χ0) is 9.97. The van der Waals surface area contributed by atoms with Crippen LogP contribution in [0.25, 0.3) is 0 Å². The molecule has 1 N–H and O–H groups in total. The predicted octanol–water partition coefficient (Wildman–Crippen LogP) is 3.40. The average Bonchev–Trinajstić information content (AvgIpc) is 2.23. The molecule has 2 unspecified atom stereocenters. The molecule has 0 aliphatic heterocycles. The Hall–Kier alpha value is -0.820. The first-order valence-electron chi connectivity index (χ1n) is 5.59. The van der Waals surface area contributed by atoms with Crippen molar-refractivity contribution in [2.75, 3.05) is 0 Å². The quantitative estimate of drug-likeness (QED) is 0.757. The minimum Gasteiger partial charge on any atom is -0.388 e. The lowest BCUT2D eigenvalue weighted by atomic mass is 9.79. The van der Waals surface area contributed by atoms with Gasteiger partial charge in [-0.15, -0.1) is 0 Å². The monoisotopic (exact) mass is 190 g/mol. The molecule has 1 heteroatoms. The smallest absolute Gasteiger partial charge is 0.0793 e. The first kappa shape index (κ1) is 9.72. The SMILES string of the molecule is CCCC1CCC(O)c2ccccc21. The Kier molecular flexibility index (Phi) is 2.87. The highest BCUT2D eigenvalue weighted by atomic mass is 16.3. The maximum absolute atomic E-state index is 9.85. The van der Waals surface area contributed by atoms with E-state index < -0.39 is 0 Å². The van der Waals surface area contributed by atoms with Crippen molar-refractivity contribution in [1.82, 2.24) is 0 Å². The first-order valence-corrected chi connectivity index (χ1v) is 5.59. The minimum atomic E-state index is -0.223. The van der Waals surface area contributed by atoms with Gasteiger partial charge in [-0.05, 0) is 36.3 Å². The molecule has 0 spiro atoms. The van der Waals surface area contributed by atoms with Crippen molar-refractivity contribution in [3.63, 3.8) is 0 Å². The Bertz CT molecular complexity index is 306. The van der Waals surface area contributed by atoms with Gasteiger partial charge < -0.3 is 5.11 Å². The van der Waals surface area contributed by atoms with E-state index >= 15 is 0 Å². The van der Waals surface area contributed by atoms with Crippen LogP contribution in [0.15, 0.2) is 24.3 Å². The summed E-state index contributed by atoms with van der Waals surface area (Å²) in [6.07, 6.45) is 4.34. The van der Waals surface area contributed by atoms with E-state index in [4.69, 9.17) is 0 Å². The number of hydrogen-bond acceptors (Lipinski definition) is 1. The van der Waals surface area contributed by atoms with Gasteiger partial charge in [0.2, 0.25) is 0 Å². The summed E-state index contributed by atoms with van der Waals surface area (Å²) in [5.41, 5.74) is 2.55. The zero-order valence-corrected chi connectivity index (χ0v) is 8.74. The van der Waals surface area contributed by atoms with Crippen LogP contribution >= 0.6 is 0 Å². The highest BCUT2D eigenvalue weighted by molar-refractivity contribution is 5.34. The van der Waals surface area contributed by atoms with Gasteiger partial charge in [0.25, 0.3) is 0 Å². The van der Waals surface area contributed by atoms with Crippen molar-refractivity contribution in [1.29, 1.82) is 0 Å². The van der Waals surface area contributed by atoms with E-state index in [0.717, 1.165) is 18.4 Å². The lowest BCUT2D eigenvalue weighted by Gasteiger charge is -2.28. The summed E-state index contributed by atoms with van der Waals surface area (Å²) in [5, 5.41) is 9.85. The maximum atomic E-state index is 9.85. The molecule has 0 heterocycles. The van der Waals surface area contributed by atoms with E-state index in [0.29, 0.717) is 5.92 Å². The van der Waals surface area contributed by atoms with Gasteiger partial charge in [-0.2, -0.15) is 0 Å². The Morgan fingerprint density at radius 2 is 1.93 bits per heavy atom. The van der Waals surface area contributed by atoms with Gasteiger partial charge in [-0.25, -0.2) is 0 Å². The number of fused-ring (bicyclic) bond motifs is 1. The topological polar surface area (TPSA) is 20.2 Å². The molecule has 0 amide bonds. The van der Waals surface area contributed by atoms with Gasteiger partial charge in [0.05, 0.1) is 6.10 Å². The molecule has 1 aliphatic carbocycles. The first-order chi connectivity index (χ1) is 6.83. The molecule has 0 fully saturated rings. The lowest BCUT2D eigenvalue weighted by molar-refractivity contribution is 0.149. The van der Waals surface area contributed by atoms with Crippen molar-refractivity contribution in [2.24, 2.45) is 0 Å². The number of aliphatic hydroxyl groups is 1. The molecular formula is C13H18O. The Labute approximate surface area is 85.8 Å². The summed E-state index contributed by atoms with van der Waals surface area (Å²) in [6, 6.07) is 8.36. The minimum absolute atomic E-state index is 0.223. The van der Waals surface area contributed by atoms with Crippen molar-refractivity contribution in [3.8, 4) is 0 Å². The molecule has 14 heavy (non-hydrogen) atoms. The van der Waals surface area contributed by atoms with Crippen molar-refractivity contribution in [3.05, 3.63) is 35.4 Å². The molecule has 2 atom stereocenters. The molecule has 1 aliphatic rings. The Balaban J connectivity index is 2.31. The van der Waals surface area contributed by atoms with Crippen LogP contribution in [0.3, 0.4) is 0 Å². The van der Waals surface area contributed by atoms with E-state index in [1.807, 2.05) is 6.07 Å². The van der Waals surface area contributed by atoms with Crippen molar-refractivity contribution in [2.45, 2.75) is 44.6 Å². The molecule has 1 nitrogen and oxygen atoms in total. The third-order valence-corrected chi connectivity index (χ3v) is 3.22. The molecule has 0 bridgehead atoms. The lowest BCUT2D eigenvalue weighted by Crippen LogP contribution is -2.13. The van der Waals surface area contributed by atoms with Gasteiger partial charge >= 0.3 is 0 Å². The molecule has 76 valence electrons. The fourth-order valence-corrected chi connectivity index (χ4v) is 2.50. The van der Waals surface area contributed by atoms with E-state index in [1.54, 1.807) is 0 Å². The fourth-order valence-electron chi connectivity index (χ4n) is 2.50. The normalized spacial score (nSPS) is 25.9. The molecule has 0 aromatic heterocycles. The Morgan fingerprint density at radius 3 is 2.64 bits per heavy atom. The summed E-state index contributed by atoms with van der Waals surface area (Å²) < 4.78 is 0. The van der Waals surface area contributed by atoms with Gasteiger partial charge in [0, 0.05) is 0 Å². The third-order valence-electron chi connectivity index (χ3n) is 3.22. The summed E-state index contributed by atoms with van der Waals surface area (Å²) in [4.78, 5) is 0. The van der Waals surface area contributed by atoms with Gasteiger partial charge in [-0.3, -0.25) is 0 Å². The molecule has 0 radical (unpaired) electrons. The second-order valence-corrected chi connectivity index (χ2v) is 4.21. The van der Waals surface area contributed by atoms with Crippen LogP contribution in [0.4, 0.5) is 0 Å². The molecule has 0 saturated carbocycles. The van der Waals surface area contributed by atoms with Gasteiger partial charge in [-0.1, -0.05) is 37.6 Å². The maximum Gasteiger partial charge on any atom is 0.0793 e. The van der Waals surface area contributed by atoms with E-state index in [2.05, 4.69) is 25.1 Å². The van der Waals surface area contributed by atoms with Gasteiger partial charge in [0.1, 0.15) is 0 Å². The zero-order valence-electron chi connectivity index (χ0n) is 8.74. The standard InChI is InChI=1S/C13H18O/c1-2-5-10-8-9-13(14)12-7-4-3-6-11(10)12/h3-4,6-7,10,13-14H,2,5,8-9H2,1H3. The largest absolute Gasteiger partial charge is 0.388 e. The number of rotatable bonds is 2. The summed E-state index contributed by atoms with van der Waals surface area (Å²) in [5.74, 6) is 0.680. The van der Waals surface area contributed by atoms with E-state index in [9.17, 15) is 5.11 Å². The van der Waals surface area contributed by atoms with Crippen LogP contribution in [-0.2, 0) is 0 Å². The molecule has 0 saturated heterocycles. The highest BCUT2D eigenvalue weighted by Gasteiger charge is 2.24. The molecular weight excluding hydrogens is 172 g/mol. The van der Waals surface area contributed by atoms with Crippen molar-refractivity contribution >= 4 is 0 Å². The third kappa shape index (κ3) is 1.69. The second-order valence-electron chi connectivity index (χ2n) is 4.21. The fraction of sp³-hybridized carbons (Fsp3) is 0.538. The number of benzene rings is 1. The summed E-state index contributed by atoms with van der Waals surface area (Å²) >= 11 is 0. The highest BCUT2D eigenvalue weighted by Crippen LogP contribution is 2.39.